The van der Waals surface area contributed by atoms with Gasteiger partial charge in [-0.1, -0.05) is 13.3 Å². The van der Waals surface area contributed by atoms with Crippen LogP contribution in [0.1, 0.15) is 48.7 Å². The minimum absolute atomic E-state index is 0.0322. The van der Waals surface area contributed by atoms with Crippen LogP contribution in [0.15, 0.2) is 42.6 Å². The van der Waals surface area contributed by atoms with Gasteiger partial charge in [-0.15, -0.1) is 0 Å². The summed E-state index contributed by atoms with van der Waals surface area (Å²) in [6.07, 6.45) is 5.74. The highest BCUT2D eigenvalue weighted by Gasteiger charge is 2.34. The first-order chi connectivity index (χ1) is 13.5. The third-order valence-electron chi connectivity index (χ3n) is 5.18. The van der Waals surface area contributed by atoms with Crippen molar-refractivity contribution in [1.29, 1.82) is 0 Å². The standard InChI is InChI=1S/C22H28FN3O2/c1-3-4-14-25(22(28)17-7-9-18(23)10-8-17)16-21(27)26(19-11-12-19)15-20-6-5-13-24(20)2/h5-10,13,19H,3-4,11-12,14-16H2,1-2H3. The molecule has 1 aromatic heterocycles. The number of carbonyl (C=O) groups is 2. The van der Waals surface area contributed by atoms with Crippen LogP contribution in [0.25, 0.3) is 0 Å². The molecule has 1 saturated carbocycles. The number of amides is 2. The van der Waals surface area contributed by atoms with Gasteiger partial charge in [-0.25, -0.2) is 4.39 Å². The number of halogens is 1. The lowest BCUT2D eigenvalue weighted by Crippen LogP contribution is -2.44. The third kappa shape index (κ3) is 5.00. The third-order valence-corrected chi connectivity index (χ3v) is 5.18. The second-order valence-electron chi connectivity index (χ2n) is 7.45. The summed E-state index contributed by atoms with van der Waals surface area (Å²) in [4.78, 5) is 29.5. The molecule has 0 bridgehead atoms. The van der Waals surface area contributed by atoms with E-state index in [2.05, 4.69) is 0 Å². The van der Waals surface area contributed by atoms with Gasteiger partial charge in [-0.3, -0.25) is 9.59 Å². The highest BCUT2D eigenvalue weighted by Crippen LogP contribution is 2.28. The molecule has 2 aromatic rings. The van der Waals surface area contributed by atoms with Gasteiger partial charge in [0.15, 0.2) is 0 Å². The van der Waals surface area contributed by atoms with Crippen LogP contribution in [-0.4, -0.2) is 45.3 Å². The van der Waals surface area contributed by atoms with E-state index < -0.39 is 0 Å². The predicted octanol–water partition coefficient (Wildman–Crippen LogP) is 3.60. The molecule has 6 heteroatoms. The van der Waals surface area contributed by atoms with Crippen LogP contribution in [-0.2, 0) is 18.4 Å². The maximum atomic E-state index is 13.2. The van der Waals surface area contributed by atoms with Crippen molar-refractivity contribution in [3.63, 3.8) is 0 Å². The summed E-state index contributed by atoms with van der Waals surface area (Å²) < 4.78 is 15.2. The summed E-state index contributed by atoms with van der Waals surface area (Å²) in [7, 11) is 1.97. The van der Waals surface area contributed by atoms with Crippen LogP contribution >= 0.6 is 0 Å². The number of rotatable bonds is 9. The van der Waals surface area contributed by atoms with Gasteiger partial charge in [-0.2, -0.15) is 0 Å². The number of hydrogen-bond donors (Lipinski definition) is 0. The first-order valence-corrected chi connectivity index (χ1v) is 9.94. The number of unbranched alkanes of at least 4 members (excludes halogenated alkanes) is 1. The number of hydrogen-bond acceptors (Lipinski definition) is 2. The molecule has 0 saturated heterocycles. The highest BCUT2D eigenvalue weighted by molar-refractivity contribution is 5.96. The lowest BCUT2D eigenvalue weighted by Gasteiger charge is -2.28. The minimum Gasteiger partial charge on any atom is -0.353 e. The molecule has 1 aliphatic carbocycles. The number of aromatic nitrogens is 1. The van der Waals surface area contributed by atoms with Gasteiger partial charge in [-0.05, 0) is 55.7 Å². The van der Waals surface area contributed by atoms with Crippen molar-refractivity contribution in [2.75, 3.05) is 13.1 Å². The summed E-state index contributed by atoms with van der Waals surface area (Å²) in [6.45, 7) is 3.17. The first kappa shape index (κ1) is 20.1. The van der Waals surface area contributed by atoms with Crippen LogP contribution < -0.4 is 0 Å². The molecule has 1 aliphatic rings. The summed E-state index contributed by atoms with van der Waals surface area (Å²) >= 11 is 0. The van der Waals surface area contributed by atoms with E-state index in [9.17, 15) is 14.0 Å². The zero-order valence-corrected chi connectivity index (χ0v) is 16.6. The van der Waals surface area contributed by atoms with Crippen molar-refractivity contribution in [2.24, 2.45) is 7.05 Å². The van der Waals surface area contributed by atoms with Crippen molar-refractivity contribution in [2.45, 2.75) is 45.2 Å². The van der Waals surface area contributed by atoms with E-state index in [0.717, 1.165) is 31.4 Å². The van der Waals surface area contributed by atoms with E-state index in [4.69, 9.17) is 0 Å². The Labute approximate surface area is 165 Å². The molecule has 1 fully saturated rings. The molecular formula is C22H28FN3O2. The van der Waals surface area contributed by atoms with Gasteiger partial charge in [0.1, 0.15) is 12.4 Å². The molecule has 0 N–H and O–H groups in total. The molecule has 28 heavy (non-hydrogen) atoms. The Morgan fingerprint density at radius 2 is 1.89 bits per heavy atom. The predicted molar refractivity (Wildman–Crippen MR) is 106 cm³/mol. The van der Waals surface area contributed by atoms with Gasteiger partial charge >= 0.3 is 0 Å². The molecule has 3 rings (SSSR count). The quantitative estimate of drug-likeness (QED) is 0.662. The van der Waals surface area contributed by atoms with Crippen LogP contribution in [0.3, 0.4) is 0 Å². The average Bonchev–Trinajstić information content (AvgIpc) is 3.45. The van der Waals surface area contributed by atoms with E-state index in [1.165, 1.54) is 24.3 Å². The summed E-state index contributed by atoms with van der Waals surface area (Å²) in [5, 5.41) is 0. The Kier molecular flexibility index (Phi) is 6.49. The van der Waals surface area contributed by atoms with Gasteiger partial charge in [0.2, 0.25) is 5.91 Å². The van der Waals surface area contributed by atoms with Crippen molar-refractivity contribution in [1.82, 2.24) is 14.4 Å². The van der Waals surface area contributed by atoms with Gasteiger partial charge < -0.3 is 14.4 Å². The summed E-state index contributed by atoms with van der Waals surface area (Å²) in [6, 6.07) is 9.75. The van der Waals surface area contributed by atoms with Crippen molar-refractivity contribution < 1.29 is 14.0 Å². The number of nitrogens with zero attached hydrogens (tertiary/aromatic N) is 3. The van der Waals surface area contributed by atoms with E-state index in [1.54, 1.807) is 4.90 Å². The maximum absolute atomic E-state index is 13.2. The number of benzene rings is 1. The molecule has 0 spiro atoms. The summed E-state index contributed by atoms with van der Waals surface area (Å²) in [5.41, 5.74) is 1.48. The summed E-state index contributed by atoms with van der Waals surface area (Å²) in [5.74, 6) is -0.637. The Bertz CT molecular complexity index is 811. The molecule has 0 radical (unpaired) electrons. The SMILES string of the molecule is CCCCN(CC(=O)N(Cc1cccn1C)C1CC1)C(=O)c1ccc(F)cc1. The van der Waals surface area contributed by atoms with Crippen molar-refractivity contribution in [3.8, 4) is 0 Å². The first-order valence-electron chi connectivity index (χ1n) is 9.94. The van der Waals surface area contributed by atoms with Gasteiger partial charge in [0.25, 0.3) is 5.91 Å². The smallest absolute Gasteiger partial charge is 0.254 e. The van der Waals surface area contributed by atoms with Crippen LogP contribution in [0.2, 0.25) is 0 Å². The largest absolute Gasteiger partial charge is 0.353 e. The van der Waals surface area contributed by atoms with E-state index in [-0.39, 0.29) is 30.2 Å². The van der Waals surface area contributed by atoms with Gasteiger partial charge in [0.05, 0.1) is 6.54 Å². The zero-order chi connectivity index (χ0) is 20.1. The van der Waals surface area contributed by atoms with E-state index >= 15 is 0 Å². The van der Waals surface area contributed by atoms with Gasteiger partial charge in [0, 0.05) is 37.1 Å². The second-order valence-corrected chi connectivity index (χ2v) is 7.45. The normalized spacial score (nSPS) is 13.4. The lowest BCUT2D eigenvalue weighted by molar-refractivity contribution is -0.133. The highest BCUT2D eigenvalue weighted by atomic mass is 19.1. The molecule has 0 unspecified atom stereocenters. The fourth-order valence-corrected chi connectivity index (χ4v) is 3.27. The molecule has 2 amide bonds. The topological polar surface area (TPSA) is 45.6 Å². The fourth-order valence-electron chi connectivity index (χ4n) is 3.27. The van der Waals surface area contributed by atoms with Crippen LogP contribution in [0, 0.1) is 5.82 Å². The Morgan fingerprint density at radius 3 is 2.46 bits per heavy atom. The maximum Gasteiger partial charge on any atom is 0.254 e. The molecule has 0 atom stereocenters. The number of carbonyl (C=O) groups excluding carboxylic acids is 2. The van der Waals surface area contributed by atoms with E-state index in [0.29, 0.717) is 18.7 Å². The average molecular weight is 385 g/mol. The second kappa shape index (κ2) is 9.04. The van der Waals surface area contributed by atoms with E-state index in [1.807, 2.05) is 41.8 Å². The Balaban J connectivity index is 1.72. The zero-order valence-electron chi connectivity index (χ0n) is 16.6. The monoisotopic (exact) mass is 385 g/mol. The Morgan fingerprint density at radius 1 is 1.18 bits per heavy atom. The molecule has 1 aromatic carbocycles. The minimum atomic E-state index is -0.379. The Hall–Kier alpha value is -2.63. The fraction of sp³-hybridized carbons (Fsp3) is 0.455. The molecule has 1 heterocycles. The van der Waals surface area contributed by atoms with Crippen LogP contribution in [0.4, 0.5) is 4.39 Å². The molecule has 150 valence electrons. The van der Waals surface area contributed by atoms with Crippen LogP contribution in [0.5, 0.6) is 0 Å². The number of aryl methyl sites for hydroxylation is 1. The molecular weight excluding hydrogens is 357 g/mol. The van der Waals surface area contributed by atoms with Crippen molar-refractivity contribution >= 4 is 11.8 Å². The molecule has 5 nitrogen and oxygen atoms in total. The molecule has 0 aliphatic heterocycles. The van der Waals surface area contributed by atoms with Crippen molar-refractivity contribution in [3.05, 3.63) is 59.7 Å². The lowest BCUT2D eigenvalue weighted by atomic mass is 10.2.